The van der Waals surface area contributed by atoms with Crippen molar-refractivity contribution >= 4 is 18.7 Å². The average molecular weight is 162 g/mol. The Balaban J connectivity index is 2.32. The van der Waals surface area contributed by atoms with Crippen LogP contribution >= 0.6 is 11.6 Å². The Morgan fingerprint density at radius 3 is 2.40 bits per heavy atom. The summed E-state index contributed by atoms with van der Waals surface area (Å²) < 4.78 is 0. The van der Waals surface area contributed by atoms with Gasteiger partial charge in [0, 0.05) is 5.38 Å². The second-order valence-corrected chi connectivity index (χ2v) is 3.55. The van der Waals surface area contributed by atoms with Crippen molar-refractivity contribution in [2.24, 2.45) is 0 Å². The number of hydrogen-bond donors (Lipinski definition) is 2. The van der Waals surface area contributed by atoms with E-state index in [1.807, 2.05) is 0 Å². The van der Waals surface area contributed by atoms with E-state index in [0.717, 1.165) is 25.7 Å². The van der Waals surface area contributed by atoms with E-state index in [2.05, 4.69) is 0 Å². The lowest BCUT2D eigenvalue weighted by Crippen LogP contribution is -2.26. The van der Waals surface area contributed by atoms with Gasteiger partial charge in [0.15, 0.2) is 0 Å². The quantitative estimate of drug-likeness (QED) is 0.446. The fraction of sp³-hybridized carbons (Fsp3) is 1.00. The van der Waals surface area contributed by atoms with Crippen LogP contribution in [-0.2, 0) is 0 Å². The van der Waals surface area contributed by atoms with Gasteiger partial charge in [-0.05, 0) is 18.7 Å². The maximum atomic E-state index is 8.79. The van der Waals surface area contributed by atoms with Gasteiger partial charge >= 0.3 is 7.12 Å². The van der Waals surface area contributed by atoms with E-state index in [1.54, 1.807) is 0 Å². The van der Waals surface area contributed by atoms with Crippen LogP contribution in [0.15, 0.2) is 0 Å². The molecule has 1 saturated carbocycles. The minimum absolute atomic E-state index is 0.0104. The van der Waals surface area contributed by atoms with Crippen LogP contribution in [0.4, 0.5) is 0 Å². The minimum Gasteiger partial charge on any atom is -0.427 e. The summed E-state index contributed by atoms with van der Waals surface area (Å²) in [7, 11) is -1.17. The molecule has 0 heterocycles. The molecule has 0 spiro atoms. The maximum absolute atomic E-state index is 8.79. The molecular formula is C6H12BClO2. The van der Waals surface area contributed by atoms with Gasteiger partial charge in [-0.15, -0.1) is 11.6 Å². The van der Waals surface area contributed by atoms with Crippen LogP contribution in [0.3, 0.4) is 0 Å². The predicted octanol–water partition coefficient (Wildman–Crippen LogP) is 1.01. The first-order chi connectivity index (χ1) is 4.70. The topological polar surface area (TPSA) is 40.5 Å². The highest BCUT2D eigenvalue weighted by atomic mass is 35.5. The van der Waals surface area contributed by atoms with Crippen molar-refractivity contribution in [3.63, 3.8) is 0 Å². The minimum atomic E-state index is -1.17. The lowest BCUT2D eigenvalue weighted by atomic mass is 9.65. The molecule has 0 saturated heterocycles. The van der Waals surface area contributed by atoms with Crippen molar-refractivity contribution in [3.8, 4) is 0 Å². The monoisotopic (exact) mass is 162 g/mol. The van der Waals surface area contributed by atoms with Crippen molar-refractivity contribution in [1.29, 1.82) is 0 Å². The van der Waals surface area contributed by atoms with Crippen LogP contribution < -0.4 is 0 Å². The summed E-state index contributed by atoms with van der Waals surface area (Å²) in [6, 6.07) is 0. The van der Waals surface area contributed by atoms with Crippen molar-refractivity contribution in [3.05, 3.63) is 0 Å². The molecule has 0 amide bonds. The zero-order valence-corrected chi connectivity index (χ0v) is 6.59. The van der Waals surface area contributed by atoms with Gasteiger partial charge in [-0.3, -0.25) is 0 Å². The highest BCUT2D eigenvalue weighted by Gasteiger charge is 2.28. The first-order valence-corrected chi connectivity index (χ1v) is 4.14. The molecule has 10 heavy (non-hydrogen) atoms. The SMILES string of the molecule is OB(O)C1CCCC(Cl)C1. The van der Waals surface area contributed by atoms with Crippen LogP contribution in [0.1, 0.15) is 25.7 Å². The highest BCUT2D eigenvalue weighted by molar-refractivity contribution is 6.43. The second kappa shape index (κ2) is 3.60. The van der Waals surface area contributed by atoms with E-state index in [0.29, 0.717) is 0 Å². The number of alkyl halides is 1. The molecule has 1 rings (SSSR count). The zero-order chi connectivity index (χ0) is 7.56. The van der Waals surface area contributed by atoms with Crippen LogP contribution in [0.25, 0.3) is 0 Å². The van der Waals surface area contributed by atoms with E-state index >= 15 is 0 Å². The molecule has 0 bridgehead atoms. The fourth-order valence-corrected chi connectivity index (χ4v) is 1.82. The van der Waals surface area contributed by atoms with Crippen molar-refractivity contribution in [2.75, 3.05) is 0 Å². The molecule has 0 aromatic rings. The molecule has 0 aromatic heterocycles. The smallest absolute Gasteiger partial charge is 0.427 e. The summed E-state index contributed by atoms with van der Waals surface area (Å²) in [5, 5.41) is 17.7. The Bertz CT molecular complexity index is 110. The third kappa shape index (κ3) is 2.15. The Morgan fingerprint density at radius 2 is 2.00 bits per heavy atom. The van der Waals surface area contributed by atoms with Crippen LogP contribution in [0.5, 0.6) is 0 Å². The molecule has 4 heteroatoms. The second-order valence-electron chi connectivity index (χ2n) is 2.94. The average Bonchev–Trinajstić information content (AvgIpc) is 1.88. The summed E-state index contributed by atoms with van der Waals surface area (Å²) in [6.45, 7) is 0. The van der Waals surface area contributed by atoms with E-state index in [9.17, 15) is 0 Å². The Labute approximate surface area is 66.3 Å². The zero-order valence-electron chi connectivity index (χ0n) is 5.83. The van der Waals surface area contributed by atoms with Crippen LogP contribution in [0, 0.1) is 0 Å². The summed E-state index contributed by atoms with van der Waals surface area (Å²) in [4.78, 5) is 0. The Hall–Kier alpha value is 0.275. The number of hydrogen-bond acceptors (Lipinski definition) is 2. The fourth-order valence-electron chi connectivity index (χ4n) is 1.44. The van der Waals surface area contributed by atoms with E-state index in [-0.39, 0.29) is 11.2 Å². The van der Waals surface area contributed by atoms with E-state index < -0.39 is 7.12 Å². The maximum Gasteiger partial charge on any atom is 0.454 e. The molecule has 2 N–H and O–H groups in total. The third-order valence-electron chi connectivity index (χ3n) is 2.07. The third-order valence-corrected chi connectivity index (χ3v) is 2.47. The van der Waals surface area contributed by atoms with Crippen LogP contribution in [-0.4, -0.2) is 22.5 Å². The number of rotatable bonds is 1. The lowest BCUT2D eigenvalue weighted by Gasteiger charge is -2.24. The molecule has 0 radical (unpaired) electrons. The van der Waals surface area contributed by atoms with Gasteiger partial charge in [0.2, 0.25) is 0 Å². The summed E-state index contributed by atoms with van der Waals surface area (Å²) in [5.74, 6) is 0.0104. The Morgan fingerprint density at radius 1 is 1.30 bits per heavy atom. The molecule has 2 nitrogen and oxygen atoms in total. The predicted molar refractivity (Wildman–Crippen MR) is 42.1 cm³/mol. The molecular weight excluding hydrogens is 150 g/mol. The van der Waals surface area contributed by atoms with Gasteiger partial charge in [0.1, 0.15) is 0 Å². The Kier molecular flexibility index (Phi) is 3.02. The molecule has 2 unspecified atom stereocenters. The largest absolute Gasteiger partial charge is 0.454 e. The summed E-state index contributed by atoms with van der Waals surface area (Å²) in [6.07, 6.45) is 3.70. The van der Waals surface area contributed by atoms with Gasteiger partial charge in [0.05, 0.1) is 0 Å². The molecule has 0 aliphatic heterocycles. The first kappa shape index (κ1) is 8.37. The molecule has 2 atom stereocenters. The molecule has 1 aliphatic rings. The van der Waals surface area contributed by atoms with Gasteiger partial charge in [0.25, 0.3) is 0 Å². The number of halogens is 1. The van der Waals surface area contributed by atoms with Crippen LogP contribution in [0.2, 0.25) is 5.82 Å². The summed E-state index contributed by atoms with van der Waals surface area (Å²) in [5.41, 5.74) is 0. The molecule has 58 valence electrons. The normalized spacial score (nSPS) is 33.9. The van der Waals surface area contributed by atoms with Crippen molar-refractivity contribution < 1.29 is 10.0 Å². The molecule has 0 aromatic carbocycles. The van der Waals surface area contributed by atoms with E-state index in [1.165, 1.54) is 0 Å². The van der Waals surface area contributed by atoms with Crippen molar-refractivity contribution in [1.82, 2.24) is 0 Å². The molecule has 1 aliphatic carbocycles. The first-order valence-electron chi connectivity index (χ1n) is 3.70. The highest BCUT2D eigenvalue weighted by Crippen LogP contribution is 2.32. The van der Waals surface area contributed by atoms with E-state index in [4.69, 9.17) is 21.6 Å². The van der Waals surface area contributed by atoms with Gasteiger partial charge in [-0.1, -0.05) is 12.8 Å². The lowest BCUT2D eigenvalue weighted by molar-refractivity contribution is 0.353. The summed E-state index contributed by atoms with van der Waals surface area (Å²) >= 11 is 5.83. The van der Waals surface area contributed by atoms with Gasteiger partial charge in [-0.2, -0.15) is 0 Å². The van der Waals surface area contributed by atoms with Gasteiger partial charge < -0.3 is 10.0 Å². The van der Waals surface area contributed by atoms with Gasteiger partial charge in [-0.25, -0.2) is 0 Å². The van der Waals surface area contributed by atoms with Crippen molar-refractivity contribution in [2.45, 2.75) is 36.9 Å². The molecule has 1 fully saturated rings. The standard InChI is InChI=1S/C6H12BClO2/c8-6-3-1-2-5(4-6)7(9)10/h5-6,9-10H,1-4H2.